The van der Waals surface area contributed by atoms with Crippen molar-refractivity contribution >= 4 is 32.7 Å². The summed E-state index contributed by atoms with van der Waals surface area (Å²) in [5, 5.41) is 4.49. The average Bonchev–Trinajstić information content (AvgIpc) is 3.44. The molecule has 0 spiro atoms. The smallest absolute Gasteiger partial charge is 0.143 e. The standard InChI is InChI=1S/C39H25NO/c1-3-11-26(12-4-1)28-15-9-16-29(23-28)36-24-30(27-13-5-2-6-14-27)25-37(40-36)32-18-10-19-34-31(32)21-22-35-33-17-7-8-20-38(33)41-39(34)35/h1-25H. The van der Waals surface area contributed by atoms with E-state index in [-0.39, 0.29) is 0 Å². The van der Waals surface area contributed by atoms with Crippen LogP contribution in [-0.2, 0) is 0 Å². The molecule has 2 heteroatoms. The first-order valence-electron chi connectivity index (χ1n) is 13.9. The van der Waals surface area contributed by atoms with E-state index in [0.29, 0.717) is 0 Å². The fraction of sp³-hybridized carbons (Fsp3) is 0. The van der Waals surface area contributed by atoms with Gasteiger partial charge in [-0.25, -0.2) is 4.98 Å². The van der Waals surface area contributed by atoms with Crippen molar-refractivity contribution in [3.05, 3.63) is 152 Å². The van der Waals surface area contributed by atoms with Gasteiger partial charge in [-0.05, 0) is 58.0 Å². The molecular formula is C39H25NO. The molecule has 2 nitrogen and oxygen atoms in total. The zero-order valence-corrected chi connectivity index (χ0v) is 22.3. The molecule has 0 N–H and O–H groups in total. The lowest BCUT2D eigenvalue weighted by molar-refractivity contribution is 0.672. The third-order valence-corrected chi connectivity index (χ3v) is 7.88. The highest BCUT2D eigenvalue weighted by molar-refractivity contribution is 6.17. The van der Waals surface area contributed by atoms with Gasteiger partial charge in [0.15, 0.2) is 0 Å². The van der Waals surface area contributed by atoms with Crippen molar-refractivity contribution in [3.8, 4) is 44.8 Å². The van der Waals surface area contributed by atoms with Crippen molar-refractivity contribution in [1.82, 2.24) is 4.98 Å². The van der Waals surface area contributed by atoms with Crippen LogP contribution in [0.15, 0.2) is 156 Å². The zero-order chi connectivity index (χ0) is 27.2. The lowest BCUT2D eigenvalue weighted by Crippen LogP contribution is -1.92. The molecule has 8 aromatic rings. The number of aromatic nitrogens is 1. The Morgan fingerprint density at radius 2 is 0.951 bits per heavy atom. The highest BCUT2D eigenvalue weighted by Crippen LogP contribution is 2.39. The Balaban J connectivity index is 1.35. The number of nitrogens with zero attached hydrogens (tertiary/aromatic N) is 1. The van der Waals surface area contributed by atoms with Crippen LogP contribution < -0.4 is 0 Å². The summed E-state index contributed by atoms with van der Waals surface area (Å²) in [6, 6.07) is 53.1. The molecule has 0 atom stereocenters. The van der Waals surface area contributed by atoms with Crippen molar-refractivity contribution in [2.24, 2.45) is 0 Å². The monoisotopic (exact) mass is 523 g/mol. The summed E-state index contributed by atoms with van der Waals surface area (Å²) in [6.45, 7) is 0. The molecule has 41 heavy (non-hydrogen) atoms. The maximum atomic E-state index is 6.38. The van der Waals surface area contributed by atoms with E-state index in [1.807, 2.05) is 18.2 Å². The molecule has 0 saturated carbocycles. The molecule has 0 aliphatic carbocycles. The van der Waals surface area contributed by atoms with E-state index in [1.165, 1.54) is 11.1 Å². The molecule has 2 heterocycles. The van der Waals surface area contributed by atoms with Crippen LogP contribution in [0.3, 0.4) is 0 Å². The van der Waals surface area contributed by atoms with Gasteiger partial charge < -0.3 is 4.42 Å². The van der Waals surface area contributed by atoms with E-state index in [9.17, 15) is 0 Å². The second-order valence-corrected chi connectivity index (χ2v) is 10.4. The van der Waals surface area contributed by atoms with Crippen molar-refractivity contribution in [2.75, 3.05) is 0 Å². The first kappa shape index (κ1) is 23.4. The first-order chi connectivity index (χ1) is 20.3. The van der Waals surface area contributed by atoms with Crippen LogP contribution in [0.5, 0.6) is 0 Å². The summed E-state index contributed by atoms with van der Waals surface area (Å²) in [6.07, 6.45) is 0. The number of para-hydroxylation sites is 1. The van der Waals surface area contributed by atoms with Crippen molar-refractivity contribution in [2.45, 2.75) is 0 Å². The summed E-state index contributed by atoms with van der Waals surface area (Å²) in [5.74, 6) is 0. The Bertz CT molecular complexity index is 2190. The molecule has 8 rings (SSSR count). The third-order valence-electron chi connectivity index (χ3n) is 7.88. The minimum absolute atomic E-state index is 0.908. The maximum absolute atomic E-state index is 6.38. The van der Waals surface area contributed by atoms with Crippen LogP contribution in [0, 0.1) is 0 Å². The number of pyridine rings is 1. The number of furan rings is 1. The summed E-state index contributed by atoms with van der Waals surface area (Å²) in [7, 11) is 0. The van der Waals surface area contributed by atoms with Gasteiger partial charge in [0.2, 0.25) is 0 Å². The Kier molecular flexibility index (Phi) is 5.49. The van der Waals surface area contributed by atoms with E-state index < -0.39 is 0 Å². The molecule has 0 aliphatic rings. The van der Waals surface area contributed by atoms with Gasteiger partial charge >= 0.3 is 0 Å². The topological polar surface area (TPSA) is 26.0 Å². The van der Waals surface area contributed by atoms with E-state index in [2.05, 4.69) is 133 Å². The number of hydrogen-bond donors (Lipinski definition) is 0. The van der Waals surface area contributed by atoms with Crippen LogP contribution in [0.2, 0.25) is 0 Å². The third kappa shape index (κ3) is 4.09. The first-order valence-corrected chi connectivity index (χ1v) is 13.9. The Morgan fingerprint density at radius 3 is 1.78 bits per heavy atom. The van der Waals surface area contributed by atoms with Gasteiger partial charge in [-0.3, -0.25) is 0 Å². The van der Waals surface area contributed by atoms with Gasteiger partial charge in [-0.2, -0.15) is 0 Å². The minimum atomic E-state index is 0.908. The van der Waals surface area contributed by atoms with Crippen molar-refractivity contribution in [1.29, 1.82) is 0 Å². The molecule has 0 aliphatic heterocycles. The van der Waals surface area contributed by atoms with Gasteiger partial charge in [0.1, 0.15) is 11.2 Å². The second-order valence-electron chi connectivity index (χ2n) is 10.4. The van der Waals surface area contributed by atoms with E-state index in [0.717, 1.165) is 66.4 Å². The zero-order valence-electron chi connectivity index (χ0n) is 22.3. The van der Waals surface area contributed by atoms with Gasteiger partial charge in [0, 0.05) is 27.3 Å². The van der Waals surface area contributed by atoms with Crippen LogP contribution in [0.1, 0.15) is 0 Å². The average molecular weight is 524 g/mol. The number of hydrogen-bond acceptors (Lipinski definition) is 2. The Labute approximate surface area is 238 Å². The van der Waals surface area contributed by atoms with E-state index >= 15 is 0 Å². The number of rotatable bonds is 4. The molecule has 0 saturated heterocycles. The van der Waals surface area contributed by atoms with Crippen LogP contribution in [-0.4, -0.2) is 4.98 Å². The van der Waals surface area contributed by atoms with E-state index in [4.69, 9.17) is 9.40 Å². The van der Waals surface area contributed by atoms with Crippen molar-refractivity contribution < 1.29 is 4.42 Å². The maximum Gasteiger partial charge on any atom is 0.143 e. The summed E-state index contributed by atoms with van der Waals surface area (Å²) in [4.78, 5) is 5.28. The summed E-state index contributed by atoms with van der Waals surface area (Å²) in [5.41, 5.74) is 10.5. The van der Waals surface area contributed by atoms with Gasteiger partial charge in [-0.1, -0.05) is 121 Å². The van der Waals surface area contributed by atoms with Crippen LogP contribution in [0.4, 0.5) is 0 Å². The quantitative estimate of drug-likeness (QED) is 0.229. The minimum Gasteiger partial charge on any atom is -0.455 e. The van der Waals surface area contributed by atoms with Crippen LogP contribution >= 0.6 is 0 Å². The van der Waals surface area contributed by atoms with Gasteiger partial charge in [-0.15, -0.1) is 0 Å². The Morgan fingerprint density at radius 1 is 0.366 bits per heavy atom. The number of benzene rings is 6. The molecule has 6 aromatic carbocycles. The lowest BCUT2D eigenvalue weighted by atomic mass is 9.95. The molecule has 2 aromatic heterocycles. The molecule has 0 fully saturated rings. The molecule has 192 valence electrons. The molecule has 0 bridgehead atoms. The fourth-order valence-electron chi connectivity index (χ4n) is 5.87. The predicted molar refractivity (Wildman–Crippen MR) is 171 cm³/mol. The predicted octanol–water partition coefficient (Wildman–Crippen LogP) is 10.8. The fourth-order valence-corrected chi connectivity index (χ4v) is 5.87. The SMILES string of the molecule is c1ccc(-c2cccc(-c3cc(-c4ccccc4)cc(-c4cccc5c4ccc4c6ccccc6oc54)n3)c2)cc1. The molecule has 0 radical (unpaired) electrons. The molecule has 0 unspecified atom stereocenters. The van der Waals surface area contributed by atoms with E-state index in [1.54, 1.807) is 0 Å². The van der Waals surface area contributed by atoms with Gasteiger partial charge in [0.05, 0.1) is 11.4 Å². The highest BCUT2D eigenvalue weighted by Gasteiger charge is 2.15. The lowest BCUT2D eigenvalue weighted by Gasteiger charge is -2.13. The van der Waals surface area contributed by atoms with Gasteiger partial charge in [0.25, 0.3) is 0 Å². The highest BCUT2D eigenvalue weighted by atomic mass is 16.3. The second kappa shape index (κ2) is 9.62. The number of fused-ring (bicyclic) bond motifs is 5. The Hall–Kier alpha value is -5.47. The van der Waals surface area contributed by atoms with Crippen LogP contribution in [0.25, 0.3) is 77.5 Å². The summed E-state index contributed by atoms with van der Waals surface area (Å²) >= 11 is 0. The summed E-state index contributed by atoms with van der Waals surface area (Å²) < 4.78 is 6.38. The largest absolute Gasteiger partial charge is 0.455 e. The normalized spacial score (nSPS) is 11.4. The van der Waals surface area contributed by atoms with Crippen molar-refractivity contribution in [3.63, 3.8) is 0 Å². The molecular weight excluding hydrogens is 498 g/mol. The molecule has 0 amide bonds.